The van der Waals surface area contributed by atoms with Gasteiger partial charge < -0.3 is 14.8 Å². The fraction of sp³-hybridized carbons (Fsp3) is 0.553. The Hall–Kier alpha value is -3.76. The maximum atomic E-state index is 14.0. The summed E-state index contributed by atoms with van der Waals surface area (Å²) in [4.78, 5) is 67.3. The molecule has 0 saturated carbocycles. The van der Waals surface area contributed by atoms with E-state index in [-0.39, 0.29) is 31.0 Å². The third kappa shape index (κ3) is 10.6. The van der Waals surface area contributed by atoms with Crippen LogP contribution in [0.5, 0.6) is 0 Å². The van der Waals surface area contributed by atoms with Gasteiger partial charge in [0.25, 0.3) is 16.8 Å². The average Bonchev–Trinajstić information content (AvgIpc) is 3.30. The number of nitrogens with one attached hydrogen (secondary N) is 1. The van der Waals surface area contributed by atoms with Crippen molar-refractivity contribution in [1.82, 2.24) is 9.80 Å². The number of ether oxygens (including phenoxy) is 2. The zero-order valence-corrected chi connectivity index (χ0v) is 30.4. The Morgan fingerprint density at radius 3 is 2.04 bits per heavy atom. The van der Waals surface area contributed by atoms with Gasteiger partial charge in [0.05, 0.1) is 18.7 Å². The largest absolute Gasteiger partial charge is 0.462 e. The van der Waals surface area contributed by atoms with Crippen molar-refractivity contribution in [2.24, 2.45) is 5.41 Å². The number of imide groups is 1. The molecule has 1 saturated heterocycles. The number of carbonyl (C=O) groups excluding carboxylic acids is 5. The molecule has 3 rings (SSSR count). The second-order valence-corrected chi connectivity index (χ2v) is 14.0. The molecular formula is C38H52ClN3O7. The van der Waals surface area contributed by atoms with E-state index in [2.05, 4.69) is 12.2 Å². The minimum Gasteiger partial charge on any atom is -0.462 e. The second kappa shape index (κ2) is 18.9. The van der Waals surface area contributed by atoms with Gasteiger partial charge in [-0.2, -0.15) is 0 Å². The van der Waals surface area contributed by atoms with E-state index in [0.29, 0.717) is 10.5 Å². The number of halogens is 1. The van der Waals surface area contributed by atoms with Crippen LogP contribution in [0.1, 0.15) is 115 Å². The molecule has 10 nitrogen and oxygen atoms in total. The number of hydrogen-bond acceptors (Lipinski definition) is 7. The van der Waals surface area contributed by atoms with Crippen LogP contribution in [-0.4, -0.2) is 63.8 Å². The number of anilines is 1. The highest BCUT2D eigenvalue weighted by Gasteiger charge is 2.63. The standard InChI is InChI=1S/C38H52ClN3O7/c1-6-8-9-10-11-12-13-14-15-19-25-49-33(44)29-23-20-24-30(26-29)40-35(46)38(39,34(45)37(3,4)5)42-31(43)32(48-7-2)41(36(42)47)27-28-21-17-16-18-22-28/h16-18,20-24,26,32H,6-15,19,25,27H2,1-5H3,(H,40,46). The highest BCUT2D eigenvalue weighted by molar-refractivity contribution is 6.50. The van der Waals surface area contributed by atoms with Crippen molar-refractivity contribution >= 4 is 46.9 Å². The number of rotatable bonds is 20. The second-order valence-electron chi connectivity index (χ2n) is 13.4. The Kier molecular flexibility index (Phi) is 15.3. The lowest BCUT2D eigenvalue weighted by molar-refractivity contribution is -0.151. The number of ketones is 1. The summed E-state index contributed by atoms with van der Waals surface area (Å²) in [5.74, 6) is -3.49. The molecule has 0 spiro atoms. The Morgan fingerprint density at radius 2 is 1.45 bits per heavy atom. The molecule has 1 aliphatic rings. The van der Waals surface area contributed by atoms with E-state index in [1.54, 1.807) is 43.3 Å². The first-order chi connectivity index (χ1) is 23.4. The highest BCUT2D eigenvalue weighted by Crippen LogP contribution is 2.38. The predicted molar refractivity (Wildman–Crippen MR) is 190 cm³/mol. The molecule has 1 heterocycles. The van der Waals surface area contributed by atoms with Crippen molar-refractivity contribution in [1.29, 1.82) is 0 Å². The van der Waals surface area contributed by atoms with E-state index < -0.39 is 46.2 Å². The van der Waals surface area contributed by atoms with Gasteiger partial charge in [-0.05, 0) is 37.1 Å². The highest BCUT2D eigenvalue weighted by atomic mass is 35.5. The van der Waals surface area contributed by atoms with Crippen molar-refractivity contribution in [3.8, 4) is 0 Å². The summed E-state index contributed by atoms with van der Waals surface area (Å²) in [6.45, 7) is 8.84. The molecule has 1 aliphatic heterocycles. The third-order valence-corrected chi connectivity index (χ3v) is 8.86. The van der Waals surface area contributed by atoms with Crippen molar-refractivity contribution < 1.29 is 33.4 Å². The number of esters is 1. The first-order valence-corrected chi connectivity index (χ1v) is 17.9. The minimum absolute atomic E-state index is 0.0197. The number of hydrogen-bond donors (Lipinski definition) is 1. The number of nitrogens with zero attached hydrogens (tertiary/aromatic N) is 2. The minimum atomic E-state index is -2.76. The Bertz CT molecular complexity index is 1430. The van der Waals surface area contributed by atoms with Gasteiger partial charge in [-0.1, -0.05) is 133 Å². The molecule has 2 aromatic rings. The number of alkyl halides is 1. The SMILES string of the molecule is CCCCCCCCCCCCOC(=O)c1cccc(NC(=O)C(Cl)(C(=O)C(C)(C)C)N2C(=O)C(OCC)N(Cc3ccccc3)C2=O)c1. The quantitative estimate of drug-likeness (QED) is 0.0371. The van der Waals surface area contributed by atoms with Gasteiger partial charge in [0, 0.05) is 17.7 Å². The topological polar surface area (TPSA) is 122 Å². The van der Waals surface area contributed by atoms with E-state index in [1.165, 1.54) is 77.8 Å². The van der Waals surface area contributed by atoms with Gasteiger partial charge >= 0.3 is 12.0 Å². The summed E-state index contributed by atoms with van der Waals surface area (Å²) in [5.41, 5.74) is -0.218. The predicted octanol–water partition coefficient (Wildman–Crippen LogP) is 8.08. The Labute approximate surface area is 295 Å². The van der Waals surface area contributed by atoms with Gasteiger partial charge in [-0.15, -0.1) is 0 Å². The van der Waals surface area contributed by atoms with Crippen molar-refractivity contribution in [3.63, 3.8) is 0 Å². The molecule has 2 unspecified atom stereocenters. The number of amides is 4. The molecule has 2 aromatic carbocycles. The first kappa shape index (κ1) is 39.7. The number of Topliss-reactive ketones (excluding diaryl/α,β-unsaturated/α-hetero) is 1. The van der Waals surface area contributed by atoms with Crippen LogP contribution in [0.15, 0.2) is 54.6 Å². The number of unbranched alkanes of at least 4 members (excludes halogenated alkanes) is 9. The van der Waals surface area contributed by atoms with E-state index >= 15 is 0 Å². The molecule has 268 valence electrons. The van der Waals surface area contributed by atoms with Gasteiger partial charge in [-0.3, -0.25) is 19.3 Å². The van der Waals surface area contributed by atoms with Crippen molar-refractivity contribution in [2.45, 2.75) is 117 Å². The molecule has 11 heteroatoms. The zero-order valence-electron chi connectivity index (χ0n) is 29.6. The van der Waals surface area contributed by atoms with E-state index in [9.17, 15) is 24.0 Å². The molecule has 0 aliphatic carbocycles. The van der Waals surface area contributed by atoms with E-state index in [4.69, 9.17) is 21.1 Å². The molecule has 1 fully saturated rings. The summed E-state index contributed by atoms with van der Waals surface area (Å²) < 4.78 is 11.1. The summed E-state index contributed by atoms with van der Waals surface area (Å²) in [6.07, 6.45) is 10.2. The van der Waals surface area contributed by atoms with Gasteiger partial charge in [0.15, 0.2) is 5.78 Å². The third-order valence-electron chi connectivity index (χ3n) is 8.35. The van der Waals surface area contributed by atoms with E-state index in [1.807, 2.05) is 6.07 Å². The first-order valence-electron chi connectivity index (χ1n) is 17.5. The summed E-state index contributed by atoms with van der Waals surface area (Å²) >= 11 is 6.91. The molecule has 0 bridgehead atoms. The molecule has 0 aromatic heterocycles. The normalized spacial score (nSPS) is 16.1. The Morgan fingerprint density at radius 1 is 0.837 bits per heavy atom. The van der Waals surface area contributed by atoms with Crippen LogP contribution >= 0.6 is 11.6 Å². The van der Waals surface area contributed by atoms with Crippen LogP contribution in [0, 0.1) is 5.41 Å². The molecule has 4 amide bonds. The van der Waals surface area contributed by atoms with Crippen LogP contribution in [-0.2, 0) is 30.4 Å². The maximum absolute atomic E-state index is 14.0. The maximum Gasteiger partial charge on any atom is 0.338 e. The monoisotopic (exact) mass is 697 g/mol. The van der Waals surface area contributed by atoms with Gasteiger partial charge in [0.1, 0.15) is 0 Å². The lowest BCUT2D eigenvalue weighted by Crippen LogP contribution is -2.63. The molecule has 2 atom stereocenters. The van der Waals surface area contributed by atoms with Crippen LogP contribution < -0.4 is 5.32 Å². The Balaban J connectivity index is 1.71. The van der Waals surface area contributed by atoms with Crippen molar-refractivity contribution in [2.75, 3.05) is 18.5 Å². The van der Waals surface area contributed by atoms with Crippen LogP contribution in [0.25, 0.3) is 0 Å². The van der Waals surface area contributed by atoms with Gasteiger partial charge in [-0.25, -0.2) is 14.5 Å². The van der Waals surface area contributed by atoms with E-state index in [0.717, 1.165) is 24.2 Å². The summed E-state index contributed by atoms with van der Waals surface area (Å²) in [7, 11) is 0. The van der Waals surface area contributed by atoms with Crippen LogP contribution in [0.2, 0.25) is 0 Å². The zero-order chi connectivity index (χ0) is 36.0. The summed E-state index contributed by atoms with van der Waals surface area (Å²) in [5, 5.41) is 2.57. The van der Waals surface area contributed by atoms with Gasteiger partial charge in [0.2, 0.25) is 6.23 Å². The molecule has 1 N–H and O–H groups in total. The lowest BCUT2D eigenvalue weighted by atomic mass is 9.85. The molecular weight excluding hydrogens is 646 g/mol. The molecule has 0 radical (unpaired) electrons. The fourth-order valence-corrected chi connectivity index (χ4v) is 6.17. The smallest absolute Gasteiger partial charge is 0.338 e. The fourth-order valence-electron chi connectivity index (χ4n) is 5.68. The van der Waals surface area contributed by atoms with Crippen molar-refractivity contribution in [3.05, 3.63) is 65.7 Å². The number of urea groups is 1. The number of carbonyl (C=O) groups is 5. The summed E-state index contributed by atoms with van der Waals surface area (Å²) in [6, 6.07) is 14.0. The lowest BCUT2D eigenvalue weighted by Gasteiger charge is -2.36. The average molecular weight is 698 g/mol. The molecule has 49 heavy (non-hydrogen) atoms. The van der Waals surface area contributed by atoms with Crippen LogP contribution in [0.3, 0.4) is 0 Å². The number of benzene rings is 2. The van der Waals surface area contributed by atoms with Crippen LogP contribution in [0.4, 0.5) is 10.5 Å².